The average Bonchev–Trinajstić information content (AvgIpc) is 2.25. The van der Waals surface area contributed by atoms with Crippen molar-refractivity contribution in [3.63, 3.8) is 0 Å². The van der Waals surface area contributed by atoms with E-state index in [0.29, 0.717) is 0 Å². The third kappa shape index (κ3) is 4.70. The van der Waals surface area contributed by atoms with Crippen molar-refractivity contribution in [3.8, 4) is 0 Å². The smallest absolute Gasteiger partial charge is 0.242 e. The summed E-state index contributed by atoms with van der Waals surface area (Å²) in [6, 6.07) is 3.16. The van der Waals surface area contributed by atoms with Gasteiger partial charge in [-0.3, -0.25) is 0 Å². The number of hydrogen-bond acceptors (Lipinski definition) is 3. The molecule has 1 aromatic carbocycles. The molecule has 0 aliphatic heterocycles. The van der Waals surface area contributed by atoms with Gasteiger partial charge >= 0.3 is 0 Å². The molecular weight excluding hydrogens is 302 g/mol. The molecule has 0 aliphatic carbocycles. The van der Waals surface area contributed by atoms with Crippen LogP contribution >= 0.6 is 24.0 Å². The van der Waals surface area contributed by atoms with E-state index in [4.69, 9.17) is 11.6 Å². The number of nitrogens with one attached hydrogen (secondary N) is 2. The third-order valence-electron chi connectivity index (χ3n) is 2.26. The number of likely N-dealkylation sites (N-methyl/N-ethyl adjacent to an activating group) is 1. The van der Waals surface area contributed by atoms with Gasteiger partial charge in [-0.15, -0.1) is 12.4 Å². The summed E-state index contributed by atoms with van der Waals surface area (Å²) in [5, 5.41) is 2.76. The van der Waals surface area contributed by atoms with E-state index in [1.807, 2.05) is 6.92 Å². The molecule has 1 aromatic rings. The van der Waals surface area contributed by atoms with Gasteiger partial charge in [0.2, 0.25) is 10.0 Å². The zero-order chi connectivity index (χ0) is 13.1. The number of halogens is 3. The van der Waals surface area contributed by atoms with Gasteiger partial charge in [0, 0.05) is 12.6 Å². The van der Waals surface area contributed by atoms with Crippen molar-refractivity contribution < 1.29 is 12.8 Å². The van der Waals surface area contributed by atoms with E-state index in [2.05, 4.69) is 10.0 Å². The van der Waals surface area contributed by atoms with E-state index in [9.17, 15) is 12.8 Å². The molecular formula is C10H15Cl2FN2O2S. The van der Waals surface area contributed by atoms with Gasteiger partial charge in [0.05, 0.1) is 5.02 Å². The van der Waals surface area contributed by atoms with Crippen molar-refractivity contribution in [3.05, 3.63) is 29.0 Å². The third-order valence-corrected chi connectivity index (χ3v) is 4.16. The molecule has 0 fully saturated rings. The minimum absolute atomic E-state index is 0. The predicted octanol–water partition coefficient (Wildman–Crippen LogP) is 1.79. The molecule has 0 saturated heterocycles. The van der Waals surface area contributed by atoms with Gasteiger partial charge in [0.25, 0.3) is 0 Å². The lowest BCUT2D eigenvalue weighted by atomic mass is 10.3. The summed E-state index contributed by atoms with van der Waals surface area (Å²) in [7, 11) is -1.98. The van der Waals surface area contributed by atoms with Gasteiger partial charge < -0.3 is 5.32 Å². The van der Waals surface area contributed by atoms with Crippen LogP contribution in [0, 0.1) is 5.82 Å². The fourth-order valence-corrected chi connectivity index (χ4v) is 2.77. The Kier molecular flexibility index (Phi) is 7.09. The van der Waals surface area contributed by atoms with Crippen LogP contribution < -0.4 is 10.0 Å². The van der Waals surface area contributed by atoms with Gasteiger partial charge in [-0.25, -0.2) is 17.5 Å². The van der Waals surface area contributed by atoms with Crippen molar-refractivity contribution in [1.29, 1.82) is 0 Å². The number of hydrogen-bond donors (Lipinski definition) is 2. The zero-order valence-corrected chi connectivity index (χ0v) is 12.3. The van der Waals surface area contributed by atoms with Crippen LogP contribution in [0.2, 0.25) is 5.02 Å². The summed E-state index contributed by atoms with van der Waals surface area (Å²) >= 11 is 5.69. The van der Waals surface area contributed by atoms with E-state index in [0.717, 1.165) is 18.2 Å². The highest BCUT2D eigenvalue weighted by Crippen LogP contribution is 2.21. The van der Waals surface area contributed by atoms with E-state index >= 15 is 0 Å². The Morgan fingerprint density at radius 2 is 2.06 bits per heavy atom. The Hall–Kier alpha value is -0.400. The number of benzene rings is 1. The van der Waals surface area contributed by atoms with Crippen molar-refractivity contribution in [2.75, 3.05) is 13.6 Å². The molecule has 104 valence electrons. The Morgan fingerprint density at radius 3 is 2.56 bits per heavy atom. The first-order valence-electron chi connectivity index (χ1n) is 4.99. The second-order valence-electron chi connectivity index (χ2n) is 3.62. The van der Waals surface area contributed by atoms with E-state index in [-0.39, 0.29) is 34.9 Å². The largest absolute Gasteiger partial charge is 0.316 e. The van der Waals surface area contributed by atoms with Crippen LogP contribution in [-0.4, -0.2) is 28.1 Å². The molecule has 2 N–H and O–H groups in total. The quantitative estimate of drug-likeness (QED) is 0.870. The van der Waals surface area contributed by atoms with Gasteiger partial charge in [0.1, 0.15) is 10.7 Å². The first kappa shape index (κ1) is 17.6. The maximum Gasteiger partial charge on any atom is 0.242 e. The molecule has 0 radical (unpaired) electrons. The molecule has 0 amide bonds. The summed E-state index contributed by atoms with van der Waals surface area (Å²) in [4.78, 5) is -0.121. The molecule has 1 unspecified atom stereocenters. The average molecular weight is 317 g/mol. The van der Waals surface area contributed by atoms with Crippen LogP contribution in [0.3, 0.4) is 0 Å². The molecule has 0 aliphatic rings. The van der Waals surface area contributed by atoms with E-state index in [1.54, 1.807) is 7.05 Å². The van der Waals surface area contributed by atoms with Crippen LogP contribution in [0.15, 0.2) is 23.1 Å². The van der Waals surface area contributed by atoms with Crippen LogP contribution in [0.1, 0.15) is 6.92 Å². The molecule has 1 atom stereocenters. The molecule has 0 bridgehead atoms. The SMILES string of the molecule is CNC(C)CNS(=O)(=O)c1ccc(F)cc1Cl.Cl. The van der Waals surface area contributed by atoms with Gasteiger partial charge in [-0.05, 0) is 32.2 Å². The Morgan fingerprint density at radius 1 is 1.44 bits per heavy atom. The number of rotatable bonds is 5. The second-order valence-corrected chi connectivity index (χ2v) is 5.76. The van der Waals surface area contributed by atoms with Crippen molar-refractivity contribution in [2.45, 2.75) is 17.9 Å². The molecule has 4 nitrogen and oxygen atoms in total. The lowest BCUT2D eigenvalue weighted by Crippen LogP contribution is -2.37. The molecule has 1 rings (SSSR count). The lowest BCUT2D eigenvalue weighted by molar-refractivity contribution is 0.554. The van der Waals surface area contributed by atoms with E-state index in [1.165, 1.54) is 0 Å². The molecule has 0 saturated carbocycles. The van der Waals surface area contributed by atoms with Crippen LogP contribution in [-0.2, 0) is 10.0 Å². The Balaban J connectivity index is 0.00000289. The second kappa shape index (κ2) is 7.25. The summed E-state index contributed by atoms with van der Waals surface area (Å²) in [5.41, 5.74) is 0. The maximum absolute atomic E-state index is 12.8. The molecule has 0 aromatic heterocycles. The fourth-order valence-electron chi connectivity index (χ4n) is 1.11. The van der Waals surface area contributed by atoms with Crippen LogP contribution in [0.4, 0.5) is 4.39 Å². The molecule has 8 heteroatoms. The summed E-state index contributed by atoms with van der Waals surface area (Å²) in [5.74, 6) is -0.572. The fraction of sp³-hybridized carbons (Fsp3) is 0.400. The summed E-state index contributed by atoms with van der Waals surface area (Å²) in [6.07, 6.45) is 0. The first-order valence-corrected chi connectivity index (χ1v) is 6.85. The Labute approximate surface area is 117 Å². The van der Waals surface area contributed by atoms with Crippen LogP contribution in [0.25, 0.3) is 0 Å². The minimum atomic E-state index is -3.70. The summed E-state index contributed by atoms with van der Waals surface area (Å²) in [6.45, 7) is 2.06. The van der Waals surface area contributed by atoms with Crippen molar-refractivity contribution in [2.24, 2.45) is 0 Å². The standard InChI is InChI=1S/C10H14ClFN2O2S.ClH/c1-7(13-2)6-14-17(15,16)10-4-3-8(12)5-9(10)11;/h3-5,7,13-14H,6H2,1-2H3;1H. The summed E-state index contributed by atoms with van der Waals surface area (Å²) < 4.78 is 38.9. The molecule has 0 heterocycles. The predicted molar refractivity (Wildman–Crippen MR) is 72.4 cm³/mol. The van der Waals surface area contributed by atoms with Gasteiger partial charge in [-0.1, -0.05) is 11.6 Å². The highest BCUT2D eigenvalue weighted by Gasteiger charge is 2.18. The normalized spacial score (nSPS) is 12.9. The van der Waals surface area contributed by atoms with Gasteiger partial charge in [0.15, 0.2) is 0 Å². The zero-order valence-electron chi connectivity index (χ0n) is 9.91. The molecule has 0 spiro atoms. The Bertz CT molecular complexity index is 497. The first-order chi connectivity index (χ1) is 7.86. The van der Waals surface area contributed by atoms with Crippen molar-refractivity contribution in [1.82, 2.24) is 10.0 Å². The topological polar surface area (TPSA) is 58.2 Å². The highest BCUT2D eigenvalue weighted by molar-refractivity contribution is 7.89. The highest BCUT2D eigenvalue weighted by atomic mass is 35.5. The maximum atomic E-state index is 12.8. The van der Waals surface area contributed by atoms with E-state index < -0.39 is 15.8 Å². The minimum Gasteiger partial charge on any atom is -0.316 e. The molecule has 18 heavy (non-hydrogen) atoms. The lowest BCUT2D eigenvalue weighted by Gasteiger charge is -2.12. The van der Waals surface area contributed by atoms with Crippen LogP contribution in [0.5, 0.6) is 0 Å². The number of sulfonamides is 1. The van der Waals surface area contributed by atoms with Crippen molar-refractivity contribution >= 4 is 34.0 Å². The monoisotopic (exact) mass is 316 g/mol. The van der Waals surface area contributed by atoms with Gasteiger partial charge in [-0.2, -0.15) is 0 Å².